The smallest absolute Gasteiger partial charge is 0.223 e. The fraction of sp³-hybridized carbons (Fsp3) is 0.238. The Morgan fingerprint density at radius 3 is 2.77 bits per heavy atom. The molecular formula is C21H22FN7OS. The first-order chi connectivity index (χ1) is 15.0. The Morgan fingerprint density at radius 1 is 1.23 bits per heavy atom. The van der Waals surface area contributed by atoms with Gasteiger partial charge < -0.3 is 21.3 Å². The number of aromatic nitrogens is 3. The summed E-state index contributed by atoms with van der Waals surface area (Å²) < 4.78 is 14.6. The predicted molar refractivity (Wildman–Crippen MR) is 119 cm³/mol. The molecule has 8 nitrogen and oxygen atoms in total. The summed E-state index contributed by atoms with van der Waals surface area (Å²) in [5.74, 6) is 0.858. The first-order valence-corrected chi connectivity index (χ1v) is 10.6. The van der Waals surface area contributed by atoms with E-state index in [0.717, 1.165) is 17.9 Å². The van der Waals surface area contributed by atoms with Crippen molar-refractivity contribution in [3.05, 3.63) is 54.6 Å². The molecule has 10 heteroatoms. The van der Waals surface area contributed by atoms with Crippen molar-refractivity contribution >= 4 is 40.9 Å². The van der Waals surface area contributed by atoms with Gasteiger partial charge in [-0.2, -0.15) is 9.97 Å². The lowest BCUT2D eigenvalue weighted by Gasteiger charge is -2.19. The van der Waals surface area contributed by atoms with Crippen LogP contribution < -0.4 is 21.3 Å². The molecule has 0 saturated carbocycles. The van der Waals surface area contributed by atoms with Crippen molar-refractivity contribution in [1.29, 1.82) is 0 Å². The van der Waals surface area contributed by atoms with Crippen molar-refractivity contribution in [2.24, 2.45) is 0 Å². The third-order valence-electron chi connectivity index (χ3n) is 4.73. The quantitative estimate of drug-likeness (QED) is 0.537. The largest absolute Gasteiger partial charge is 0.368 e. The summed E-state index contributed by atoms with van der Waals surface area (Å²) in [6.45, 7) is 2.90. The lowest BCUT2D eigenvalue weighted by Crippen LogP contribution is -2.35. The molecular weight excluding hydrogens is 417 g/mol. The van der Waals surface area contributed by atoms with E-state index in [1.54, 1.807) is 30.6 Å². The summed E-state index contributed by atoms with van der Waals surface area (Å²) in [5.41, 5.74) is 6.45. The van der Waals surface area contributed by atoms with E-state index in [4.69, 9.17) is 5.73 Å². The fourth-order valence-corrected chi connectivity index (χ4v) is 4.20. The number of nitrogens with one attached hydrogen (secondary N) is 2. The number of nitrogen functional groups attached to an aromatic ring is 1. The number of carbonyl (C=O) groups excluding carboxylic acids is 1. The second-order valence-corrected chi connectivity index (χ2v) is 8.27. The molecule has 0 radical (unpaired) electrons. The van der Waals surface area contributed by atoms with Crippen molar-refractivity contribution in [2.45, 2.75) is 29.2 Å². The molecule has 4 rings (SSSR count). The lowest BCUT2D eigenvalue weighted by molar-refractivity contribution is -0.119. The zero-order chi connectivity index (χ0) is 21.8. The maximum atomic E-state index is 14.6. The standard InChI is InChI=1S/C21H22FN7OS/c1-13(30)25-15-6-9-29(12-15)20-11-19(27-21(23)28-20)26-14-2-3-18(17(22)10-14)31-16-4-7-24-8-5-16/h2-5,7-8,10-11,15H,6,9,12H2,1H3,(H,25,30)(H3,23,26,27,28). The molecule has 1 atom stereocenters. The minimum absolute atomic E-state index is 0.0519. The molecule has 1 amide bonds. The fourth-order valence-electron chi connectivity index (χ4n) is 3.39. The molecule has 3 heterocycles. The van der Waals surface area contributed by atoms with Crippen molar-refractivity contribution < 1.29 is 9.18 Å². The number of halogens is 1. The van der Waals surface area contributed by atoms with Crippen molar-refractivity contribution in [1.82, 2.24) is 20.3 Å². The summed E-state index contributed by atoms with van der Waals surface area (Å²) in [5, 5.41) is 6.02. The molecule has 4 N–H and O–H groups in total. The number of benzene rings is 1. The summed E-state index contributed by atoms with van der Waals surface area (Å²) in [6, 6.07) is 10.4. The van der Waals surface area contributed by atoms with E-state index in [2.05, 4.69) is 25.6 Å². The van der Waals surface area contributed by atoms with E-state index < -0.39 is 0 Å². The zero-order valence-electron chi connectivity index (χ0n) is 16.9. The zero-order valence-corrected chi connectivity index (χ0v) is 17.7. The maximum absolute atomic E-state index is 14.6. The van der Waals surface area contributed by atoms with Crippen LogP contribution in [0.2, 0.25) is 0 Å². The highest BCUT2D eigenvalue weighted by Crippen LogP contribution is 2.31. The van der Waals surface area contributed by atoms with Gasteiger partial charge in [-0.3, -0.25) is 9.78 Å². The third-order valence-corrected chi connectivity index (χ3v) is 5.79. The van der Waals surface area contributed by atoms with Crippen LogP contribution in [0.15, 0.2) is 58.6 Å². The molecule has 1 fully saturated rings. The first-order valence-electron chi connectivity index (χ1n) is 9.77. The molecule has 1 aliphatic heterocycles. The van der Waals surface area contributed by atoms with Crippen molar-refractivity contribution in [3.8, 4) is 0 Å². The van der Waals surface area contributed by atoms with Crippen LogP contribution in [0.4, 0.5) is 27.7 Å². The summed E-state index contributed by atoms with van der Waals surface area (Å²) in [6.07, 6.45) is 4.17. The van der Waals surface area contributed by atoms with E-state index in [0.29, 0.717) is 28.8 Å². The van der Waals surface area contributed by atoms with E-state index in [1.807, 2.05) is 17.0 Å². The Morgan fingerprint density at radius 2 is 2.03 bits per heavy atom. The van der Waals surface area contributed by atoms with Gasteiger partial charge in [0, 0.05) is 60.0 Å². The van der Waals surface area contributed by atoms with Crippen LogP contribution in [0.3, 0.4) is 0 Å². The minimum atomic E-state index is -0.341. The Kier molecular flexibility index (Phi) is 6.17. The summed E-state index contributed by atoms with van der Waals surface area (Å²) in [7, 11) is 0. The predicted octanol–water partition coefficient (Wildman–Crippen LogP) is 3.20. The molecule has 31 heavy (non-hydrogen) atoms. The van der Waals surface area contributed by atoms with Gasteiger partial charge in [-0.15, -0.1) is 0 Å². The van der Waals surface area contributed by atoms with Gasteiger partial charge in [0.15, 0.2) is 0 Å². The molecule has 160 valence electrons. The topological polar surface area (TPSA) is 109 Å². The van der Waals surface area contributed by atoms with Crippen LogP contribution in [-0.4, -0.2) is 40.0 Å². The van der Waals surface area contributed by atoms with E-state index in [1.165, 1.54) is 24.8 Å². The van der Waals surface area contributed by atoms with Gasteiger partial charge >= 0.3 is 0 Å². The number of rotatable bonds is 6. The number of nitrogens with two attached hydrogens (primary N) is 1. The Hall–Kier alpha value is -3.40. The normalized spacial score (nSPS) is 15.7. The third kappa shape index (κ3) is 5.40. The SMILES string of the molecule is CC(=O)NC1CCN(c2cc(Nc3ccc(Sc4ccncc4)c(F)c3)nc(N)n2)C1. The maximum Gasteiger partial charge on any atom is 0.223 e. The Bertz CT molecular complexity index is 1080. The average molecular weight is 440 g/mol. The highest BCUT2D eigenvalue weighted by Gasteiger charge is 2.24. The van der Waals surface area contributed by atoms with Crippen LogP contribution in [0.25, 0.3) is 0 Å². The van der Waals surface area contributed by atoms with Gasteiger partial charge in [0.25, 0.3) is 0 Å². The molecule has 1 aliphatic rings. The molecule has 3 aromatic rings. The van der Waals surface area contributed by atoms with Crippen LogP contribution >= 0.6 is 11.8 Å². The van der Waals surface area contributed by atoms with Crippen LogP contribution in [0, 0.1) is 5.82 Å². The van der Waals surface area contributed by atoms with E-state index in [9.17, 15) is 9.18 Å². The van der Waals surface area contributed by atoms with Gasteiger partial charge in [-0.25, -0.2) is 4.39 Å². The Balaban J connectivity index is 1.47. The highest BCUT2D eigenvalue weighted by molar-refractivity contribution is 7.99. The van der Waals surface area contributed by atoms with Crippen LogP contribution in [0.1, 0.15) is 13.3 Å². The number of amides is 1. The second-order valence-electron chi connectivity index (χ2n) is 7.16. The van der Waals surface area contributed by atoms with E-state index in [-0.39, 0.29) is 23.7 Å². The molecule has 1 saturated heterocycles. The van der Waals surface area contributed by atoms with Gasteiger partial charge in [0.05, 0.1) is 0 Å². The van der Waals surface area contributed by atoms with Gasteiger partial charge in [-0.1, -0.05) is 11.8 Å². The van der Waals surface area contributed by atoms with Crippen LogP contribution in [-0.2, 0) is 4.79 Å². The Labute approximate surface area is 183 Å². The molecule has 0 aliphatic carbocycles. The summed E-state index contributed by atoms with van der Waals surface area (Å²) in [4.78, 5) is 27.2. The van der Waals surface area contributed by atoms with Gasteiger partial charge in [-0.05, 0) is 36.8 Å². The molecule has 0 bridgehead atoms. The number of carbonyl (C=O) groups is 1. The average Bonchev–Trinajstić information content (AvgIpc) is 3.18. The molecule has 2 aromatic heterocycles. The van der Waals surface area contributed by atoms with Crippen molar-refractivity contribution in [3.63, 3.8) is 0 Å². The van der Waals surface area contributed by atoms with Gasteiger partial charge in [0.2, 0.25) is 11.9 Å². The first kappa shape index (κ1) is 20.9. The lowest BCUT2D eigenvalue weighted by atomic mass is 10.2. The van der Waals surface area contributed by atoms with Crippen molar-refractivity contribution in [2.75, 3.05) is 29.0 Å². The second kappa shape index (κ2) is 9.17. The molecule has 1 aromatic carbocycles. The number of hydrogen-bond acceptors (Lipinski definition) is 8. The highest BCUT2D eigenvalue weighted by atomic mass is 32.2. The van der Waals surface area contributed by atoms with Gasteiger partial charge in [0.1, 0.15) is 17.5 Å². The molecule has 1 unspecified atom stereocenters. The number of anilines is 4. The van der Waals surface area contributed by atoms with E-state index >= 15 is 0 Å². The monoisotopic (exact) mass is 439 g/mol. The minimum Gasteiger partial charge on any atom is -0.368 e. The number of pyridine rings is 1. The molecule has 0 spiro atoms. The van der Waals surface area contributed by atoms with Crippen LogP contribution in [0.5, 0.6) is 0 Å². The number of hydrogen-bond donors (Lipinski definition) is 3. The summed E-state index contributed by atoms with van der Waals surface area (Å²) >= 11 is 1.33. The number of nitrogens with zero attached hydrogens (tertiary/aromatic N) is 4.